The van der Waals surface area contributed by atoms with Gasteiger partial charge in [-0.25, -0.2) is 9.58 Å². The summed E-state index contributed by atoms with van der Waals surface area (Å²) < 4.78 is 7.04. The van der Waals surface area contributed by atoms with Gasteiger partial charge in [0.1, 0.15) is 11.3 Å². The van der Waals surface area contributed by atoms with E-state index in [1.54, 1.807) is 22.9 Å². The molecule has 0 saturated heterocycles. The van der Waals surface area contributed by atoms with Crippen molar-refractivity contribution in [3.05, 3.63) is 143 Å². The van der Waals surface area contributed by atoms with E-state index in [9.17, 15) is 9.59 Å². The standard InChI is InChI=1S/C30H20N4O3S/c35-28-24-17-10-18-25(37-20-38)27(24)29(36)33(28)26-19-31-32-34(26)30(21-11-4-1-5-12-21,22-13-6-2-7-14-22)23-15-8-3-9-16-23/h1-20H. The highest BCUT2D eigenvalue weighted by molar-refractivity contribution is 7.78. The molecule has 0 atom stereocenters. The van der Waals surface area contributed by atoms with Crippen LogP contribution in [0.4, 0.5) is 5.82 Å². The van der Waals surface area contributed by atoms with Crippen LogP contribution in [0.25, 0.3) is 0 Å². The number of imide groups is 1. The zero-order chi connectivity index (χ0) is 26.1. The van der Waals surface area contributed by atoms with E-state index in [0.29, 0.717) is 0 Å². The number of carbonyl (C=O) groups excluding carboxylic acids is 2. The SMILES string of the molecule is O=C1c2cccc(OC=S)c2C(=O)N1c1cnnn1C(c1ccccc1)(c1ccccc1)c1ccccc1. The van der Waals surface area contributed by atoms with Gasteiger partial charge in [-0.05, 0) is 41.0 Å². The number of anilines is 1. The Labute approximate surface area is 223 Å². The first-order chi connectivity index (χ1) is 18.7. The van der Waals surface area contributed by atoms with Crippen molar-refractivity contribution >= 4 is 35.4 Å². The van der Waals surface area contributed by atoms with E-state index in [-0.39, 0.29) is 22.7 Å². The summed E-state index contributed by atoms with van der Waals surface area (Å²) in [6.45, 7) is 0. The first kappa shape index (κ1) is 23.4. The molecule has 1 aromatic heterocycles. The van der Waals surface area contributed by atoms with Gasteiger partial charge in [-0.1, -0.05) is 102 Å². The second-order valence-corrected chi connectivity index (χ2v) is 8.84. The van der Waals surface area contributed by atoms with E-state index < -0.39 is 17.4 Å². The van der Waals surface area contributed by atoms with Crippen LogP contribution in [0.3, 0.4) is 0 Å². The molecule has 38 heavy (non-hydrogen) atoms. The van der Waals surface area contributed by atoms with Crippen molar-refractivity contribution in [1.82, 2.24) is 15.0 Å². The van der Waals surface area contributed by atoms with Crippen molar-refractivity contribution in [2.75, 3.05) is 4.90 Å². The van der Waals surface area contributed by atoms with Crippen molar-refractivity contribution in [1.29, 1.82) is 0 Å². The van der Waals surface area contributed by atoms with Crippen LogP contribution in [-0.4, -0.2) is 32.4 Å². The van der Waals surface area contributed by atoms with E-state index in [4.69, 9.17) is 17.0 Å². The van der Waals surface area contributed by atoms with Crippen LogP contribution in [0.5, 0.6) is 5.75 Å². The second kappa shape index (κ2) is 9.49. The highest BCUT2D eigenvalue weighted by Crippen LogP contribution is 2.44. The summed E-state index contributed by atoms with van der Waals surface area (Å²) in [6, 6.07) is 34.4. The molecular formula is C30H20N4O3S. The molecule has 4 aromatic carbocycles. The molecule has 0 aliphatic carbocycles. The summed E-state index contributed by atoms with van der Waals surface area (Å²) >= 11 is 4.83. The van der Waals surface area contributed by atoms with Crippen molar-refractivity contribution < 1.29 is 14.3 Å². The zero-order valence-electron chi connectivity index (χ0n) is 20.0. The van der Waals surface area contributed by atoms with Gasteiger partial charge in [0.05, 0.1) is 17.3 Å². The highest BCUT2D eigenvalue weighted by Gasteiger charge is 2.46. The average molecular weight is 517 g/mol. The van der Waals surface area contributed by atoms with Crippen LogP contribution in [0.15, 0.2) is 115 Å². The zero-order valence-corrected chi connectivity index (χ0v) is 20.8. The summed E-state index contributed by atoms with van der Waals surface area (Å²) in [7, 11) is 0. The third-order valence-corrected chi connectivity index (χ3v) is 6.80. The van der Waals surface area contributed by atoms with Crippen LogP contribution in [0, 0.1) is 0 Å². The van der Waals surface area contributed by atoms with Gasteiger partial charge in [0.15, 0.2) is 11.4 Å². The van der Waals surface area contributed by atoms with Crippen molar-refractivity contribution in [3.8, 4) is 5.75 Å². The molecule has 6 rings (SSSR count). The number of carbonyl (C=O) groups is 2. The van der Waals surface area contributed by atoms with E-state index in [0.717, 1.165) is 27.1 Å². The predicted octanol–water partition coefficient (Wildman–Crippen LogP) is 5.25. The lowest BCUT2D eigenvalue weighted by Gasteiger charge is -2.37. The molecule has 0 unspecified atom stereocenters. The molecule has 8 heteroatoms. The fourth-order valence-corrected chi connectivity index (χ4v) is 5.24. The lowest BCUT2D eigenvalue weighted by molar-refractivity contribution is 0.0922. The van der Waals surface area contributed by atoms with Crippen LogP contribution >= 0.6 is 12.2 Å². The molecule has 2 heterocycles. The van der Waals surface area contributed by atoms with Crippen LogP contribution < -0.4 is 9.64 Å². The molecule has 5 aromatic rings. The molecule has 2 amide bonds. The third kappa shape index (κ3) is 3.46. The number of hydrogen-bond donors (Lipinski definition) is 0. The summed E-state index contributed by atoms with van der Waals surface area (Å²) in [4.78, 5) is 28.6. The highest BCUT2D eigenvalue weighted by atomic mass is 32.1. The minimum Gasteiger partial charge on any atom is -0.453 e. The van der Waals surface area contributed by atoms with Gasteiger partial charge < -0.3 is 4.74 Å². The van der Waals surface area contributed by atoms with Gasteiger partial charge in [-0.3, -0.25) is 9.59 Å². The largest absolute Gasteiger partial charge is 0.453 e. The van der Waals surface area contributed by atoms with Gasteiger partial charge in [-0.2, -0.15) is 0 Å². The first-order valence-corrected chi connectivity index (χ1v) is 12.3. The van der Waals surface area contributed by atoms with Crippen molar-refractivity contribution in [2.45, 2.75) is 5.54 Å². The van der Waals surface area contributed by atoms with Crippen LogP contribution in [0.1, 0.15) is 37.4 Å². The number of ether oxygens (including phenoxy) is 1. The lowest BCUT2D eigenvalue weighted by Crippen LogP contribution is -2.42. The fourth-order valence-electron chi connectivity index (χ4n) is 5.14. The summed E-state index contributed by atoms with van der Waals surface area (Å²) in [5.74, 6) is -0.589. The molecule has 0 bridgehead atoms. The van der Waals surface area contributed by atoms with Crippen molar-refractivity contribution in [3.63, 3.8) is 0 Å². The van der Waals surface area contributed by atoms with Gasteiger partial charge in [0.2, 0.25) is 0 Å². The van der Waals surface area contributed by atoms with E-state index >= 15 is 0 Å². The Morgan fingerprint density at radius 3 is 1.79 bits per heavy atom. The molecular weight excluding hydrogens is 496 g/mol. The molecule has 0 fully saturated rings. The second-order valence-electron chi connectivity index (χ2n) is 8.65. The van der Waals surface area contributed by atoms with Gasteiger partial charge in [0, 0.05) is 0 Å². The number of thiocarbonyl (C=S) groups is 1. The summed E-state index contributed by atoms with van der Waals surface area (Å²) in [6.07, 6.45) is 1.44. The Balaban J connectivity index is 1.64. The molecule has 7 nitrogen and oxygen atoms in total. The quantitative estimate of drug-likeness (QED) is 0.167. The Morgan fingerprint density at radius 1 is 0.711 bits per heavy atom. The lowest BCUT2D eigenvalue weighted by atomic mass is 9.77. The molecule has 1 aliphatic rings. The number of nitrogens with zero attached hydrogens (tertiary/aromatic N) is 4. The molecule has 0 N–H and O–H groups in total. The fraction of sp³-hybridized carbons (Fsp3) is 0.0333. The summed E-state index contributed by atoms with van der Waals surface area (Å²) in [5.41, 5.74) is 3.02. The Bertz CT molecular complexity index is 1560. The number of rotatable bonds is 7. The number of amides is 2. The maximum absolute atomic E-state index is 13.8. The minimum atomic E-state index is -1.06. The number of hydrogen-bond acceptors (Lipinski definition) is 6. The first-order valence-electron chi connectivity index (χ1n) is 11.9. The number of fused-ring (bicyclic) bond motifs is 1. The topological polar surface area (TPSA) is 77.3 Å². The third-order valence-electron chi connectivity index (χ3n) is 6.70. The molecule has 0 spiro atoms. The van der Waals surface area contributed by atoms with Gasteiger partial charge in [0.25, 0.3) is 11.8 Å². The molecule has 0 saturated carbocycles. The Morgan fingerprint density at radius 2 is 1.26 bits per heavy atom. The predicted molar refractivity (Wildman–Crippen MR) is 146 cm³/mol. The Kier molecular flexibility index (Phi) is 5.86. The minimum absolute atomic E-state index is 0.149. The monoisotopic (exact) mass is 516 g/mol. The average Bonchev–Trinajstić information content (AvgIpc) is 3.54. The molecule has 0 radical (unpaired) electrons. The van der Waals surface area contributed by atoms with Gasteiger partial charge in [-0.15, -0.1) is 5.10 Å². The molecule has 184 valence electrons. The van der Waals surface area contributed by atoms with Gasteiger partial charge >= 0.3 is 0 Å². The van der Waals surface area contributed by atoms with E-state index in [2.05, 4.69) is 10.3 Å². The maximum atomic E-state index is 13.8. The Hall–Kier alpha value is -4.95. The van der Waals surface area contributed by atoms with Crippen LogP contribution in [0.2, 0.25) is 0 Å². The molecule has 1 aliphatic heterocycles. The number of aromatic nitrogens is 3. The van der Waals surface area contributed by atoms with E-state index in [1.807, 2.05) is 91.0 Å². The van der Waals surface area contributed by atoms with Crippen LogP contribution in [-0.2, 0) is 5.54 Å². The summed E-state index contributed by atoms with van der Waals surface area (Å²) in [5, 5.41) is 8.73. The normalized spacial score (nSPS) is 12.9. The number of benzene rings is 4. The van der Waals surface area contributed by atoms with E-state index in [1.165, 1.54) is 6.20 Å². The van der Waals surface area contributed by atoms with Crippen molar-refractivity contribution in [2.24, 2.45) is 0 Å². The smallest absolute Gasteiger partial charge is 0.271 e. The maximum Gasteiger partial charge on any atom is 0.271 e.